The van der Waals surface area contributed by atoms with Crippen LogP contribution in [-0.4, -0.2) is 56.4 Å². The summed E-state index contributed by atoms with van der Waals surface area (Å²) >= 11 is 0. The van der Waals surface area contributed by atoms with Gasteiger partial charge in [0, 0.05) is 38.4 Å². The summed E-state index contributed by atoms with van der Waals surface area (Å²) in [5, 5.41) is 0. The second kappa shape index (κ2) is 7.22. The lowest BCUT2D eigenvalue weighted by atomic mass is 10.1. The minimum absolute atomic E-state index is 0.0341. The smallest absolute Gasteiger partial charge is 0.322 e. The van der Waals surface area contributed by atoms with Crippen LogP contribution < -0.4 is 4.90 Å². The average molecular weight is 400 g/mol. The standard InChI is InChI=1S/C21H25N3O3S/c1-16-7-8-19(15-17(16)2)28(26,27)23-13-11-22(12-14-23)21(25)24-10-9-18-5-3-4-6-20(18)24/h3-8,15H,9-14H2,1-2H3. The molecule has 0 N–H and O–H groups in total. The molecule has 6 nitrogen and oxygen atoms in total. The number of nitrogens with zero attached hydrogens (tertiary/aromatic N) is 3. The van der Waals surface area contributed by atoms with Gasteiger partial charge in [0.1, 0.15) is 0 Å². The van der Waals surface area contributed by atoms with Gasteiger partial charge in [0.15, 0.2) is 0 Å². The lowest BCUT2D eigenvalue weighted by Crippen LogP contribution is -2.53. The van der Waals surface area contributed by atoms with Crippen LogP contribution in [0.3, 0.4) is 0 Å². The van der Waals surface area contributed by atoms with Gasteiger partial charge in [-0.25, -0.2) is 13.2 Å². The molecule has 2 amide bonds. The van der Waals surface area contributed by atoms with Crippen molar-refractivity contribution in [1.82, 2.24) is 9.21 Å². The van der Waals surface area contributed by atoms with Gasteiger partial charge in [-0.1, -0.05) is 24.3 Å². The van der Waals surface area contributed by atoms with Crippen molar-refractivity contribution in [3.05, 3.63) is 59.2 Å². The maximum Gasteiger partial charge on any atom is 0.324 e. The molecule has 7 heteroatoms. The molecule has 1 saturated heterocycles. The van der Waals surface area contributed by atoms with Crippen LogP contribution in [0.4, 0.5) is 10.5 Å². The molecule has 4 rings (SSSR count). The molecule has 0 saturated carbocycles. The van der Waals surface area contributed by atoms with Gasteiger partial charge in [-0.15, -0.1) is 0 Å². The molecule has 2 heterocycles. The van der Waals surface area contributed by atoms with Crippen LogP contribution in [0.1, 0.15) is 16.7 Å². The topological polar surface area (TPSA) is 60.9 Å². The van der Waals surface area contributed by atoms with Crippen molar-refractivity contribution in [3.8, 4) is 0 Å². The fourth-order valence-corrected chi connectivity index (χ4v) is 5.36. The zero-order valence-corrected chi connectivity index (χ0v) is 17.1. The van der Waals surface area contributed by atoms with Crippen molar-refractivity contribution in [1.29, 1.82) is 0 Å². The van der Waals surface area contributed by atoms with E-state index in [1.54, 1.807) is 17.0 Å². The van der Waals surface area contributed by atoms with E-state index < -0.39 is 10.0 Å². The van der Waals surface area contributed by atoms with E-state index in [1.165, 1.54) is 9.87 Å². The number of urea groups is 1. The predicted octanol–water partition coefficient (Wildman–Crippen LogP) is 2.79. The molecule has 0 spiro atoms. The van der Waals surface area contributed by atoms with Gasteiger partial charge in [0.25, 0.3) is 0 Å². The molecule has 0 aliphatic carbocycles. The monoisotopic (exact) mass is 399 g/mol. The lowest BCUT2D eigenvalue weighted by molar-refractivity contribution is 0.178. The molecule has 0 unspecified atom stereocenters. The Balaban J connectivity index is 1.45. The van der Waals surface area contributed by atoms with E-state index in [4.69, 9.17) is 0 Å². The van der Waals surface area contributed by atoms with Crippen molar-refractivity contribution in [2.75, 3.05) is 37.6 Å². The maximum absolute atomic E-state index is 13.0. The highest BCUT2D eigenvalue weighted by molar-refractivity contribution is 7.89. The van der Waals surface area contributed by atoms with Crippen LogP contribution >= 0.6 is 0 Å². The first kappa shape index (κ1) is 19.0. The molecule has 28 heavy (non-hydrogen) atoms. The van der Waals surface area contributed by atoms with Gasteiger partial charge in [-0.05, 0) is 55.2 Å². The van der Waals surface area contributed by atoms with Crippen molar-refractivity contribution < 1.29 is 13.2 Å². The molecule has 2 aromatic carbocycles. The number of aryl methyl sites for hydroxylation is 2. The van der Waals surface area contributed by atoms with E-state index in [9.17, 15) is 13.2 Å². The van der Waals surface area contributed by atoms with Crippen molar-refractivity contribution in [2.45, 2.75) is 25.2 Å². The highest BCUT2D eigenvalue weighted by Gasteiger charge is 2.33. The highest BCUT2D eigenvalue weighted by Crippen LogP contribution is 2.29. The van der Waals surface area contributed by atoms with Crippen LogP contribution in [0, 0.1) is 13.8 Å². The molecule has 0 aromatic heterocycles. The molecule has 0 bridgehead atoms. The number of piperazine rings is 1. The first-order valence-electron chi connectivity index (χ1n) is 9.60. The Kier molecular flexibility index (Phi) is 4.89. The number of hydrogen-bond acceptors (Lipinski definition) is 3. The Morgan fingerprint density at radius 1 is 0.893 bits per heavy atom. The summed E-state index contributed by atoms with van der Waals surface area (Å²) in [6.07, 6.45) is 0.864. The average Bonchev–Trinajstić information content (AvgIpc) is 3.13. The summed E-state index contributed by atoms with van der Waals surface area (Å²) in [6.45, 7) is 6.00. The third-order valence-electron chi connectivity index (χ3n) is 5.74. The van der Waals surface area contributed by atoms with E-state index in [0.29, 0.717) is 37.6 Å². The van der Waals surface area contributed by atoms with Crippen LogP contribution in [0.5, 0.6) is 0 Å². The van der Waals surface area contributed by atoms with E-state index in [0.717, 1.165) is 23.2 Å². The Morgan fingerprint density at radius 3 is 2.32 bits per heavy atom. The molecule has 0 atom stereocenters. The Bertz CT molecular complexity index is 1010. The Labute approximate surface area is 166 Å². The number of carbonyl (C=O) groups excluding carboxylic acids is 1. The minimum Gasteiger partial charge on any atom is -0.322 e. The summed E-state index contributed by atoms with van der Waals surface area (Å²) in [5.74, 6) is 0. The molecule has 148 valence electrons. The van der Waals surface area contributed by atoms with Gasteiger partial charge >= 0.3 is 6.03 Å². The lowest BCUT2D eigenvalue weighted by Gasteiger charge is -2.36. The van der Waals surface area contributed by atoms with E-state index in [2.05, 4.69) is 6.07 Å². The van der Waals surface area contributed by atoms with E-state index in [1.807, 2.05) is 43.0 Å². The third-order valence-corrected chi connectivity index (χ3v) is 7.64. The van der Waals surface area contributed by atoms with Crippen LogP contribution in [0.15, 0.2) is 47.4 Å². The maximum atomic E-state index is 13.0. The van der Waals surface area contributed by atoms with E-state index >= 15 is 0 Å². The zero-order chi connectivity index (χ0) is 19.9. The molecule has 2 aliphatic rings. The molecule has 2 aliphatic heterocycles. The van der Waals surface area contributed by atoms with Gasteiger partial charge < -0.3 is 4.90 Å². The predicted molar refractivity (Wildman–Crippen MR) is 109 cm³/mol. The van der Waals surface area contributed by atoms with Gasteiger partial charge in [-0.2, -0.15) is 4.31 Å². The third kappa shape index (κ3) is 3.29. The summed E-state index contributed by atoms with van der Waals surface area (Å²) < 4.78 is 27.4. The quantitative estimate of drug-likeness (QED) is 0.780. The van der Waals surface area contributed by atoms with Gasteiger partial charge in [0.05, 0.1) is 4.90 Å². The van der Waals surface area contributed by atoms with E-state index in [-0.39, 0.29) is 6.03 Å². The second-order valence-electron chi connectivity index (χ2n) is 7.45. The minimum atomic E-state index is -3.54. The zero-order valence-electron chi connectivity index (χ0n) is 16.3. The number of amides is 2. The molecule has 1 fully saturated rings. The summed E-state index contributed by atoms with van der Waals surface area (Å²) in [4.78, 5) is 16.8. The molecule has 2 aromatic rings. The molecular formula is C21H25N3O3S. The number of benzene rings is 2. The first-order valence-corrected chi connectivity index (χ1v) is 11.0. The fraction of sp³-hybridized carbons (Fsp3) is 0.381. The molecular weight excluding hydrogens is 374 g/mol. The Morgan fingerprint density at radius 2 is 1.61 bits per heavy atom. The second-order valence-corrected chi connectivity index (χ2v) is 9.39. The number of sulfonamides is 1. The van der Waals surface area contributed by atoms with Gasteiger partial charge in [0.2, 0.25) is 10.0 Å². The van der Waals surface area contributed by atoms with Crippen LogP contribution in [-0.2, 0) is 16.4 Å². The molecule has 0 radical (unpaired) electrons. The summed E-state index contributed by atoms with van der Waals surface area (Å²) in [7, 11) is -3.54. The number of anilines is 1. The SMILES string of the molecule is Cc1ccc(S(=O)(=O)N2CCN(C(=O)N3CCc4ccccc43)CC2)cc1C. The summed E-state index contributed by atoms with van der Waals surface area (Å²) in [5.41, 5.74) is 4.19. The van der Waals surface area contributed by atoms with Crippen LogP contribution in [0.2, 0.25) is 0 Å². The number of hydrogen-bond donors (Lipinski definition) is 0. The first-order chi connectivity index (χ1) is 13.4. The number of rotatable bonds is 2. The summed E-state index contributed by atoms with van der Waals surface area (Å²) in [6, 6.07) is 13.2. The fourth-order valence-electron chi connectivity index (χ4n) is 3.85. The van der Waals surface area contributed by atoms with Crippen LogP contribution in [0.25, 0.3) is 0 Å². The number of para-hydroxylation sites is 1. The Hall–Kier alpha value is -2.38. The van der Waals surface area contributed by atoms with Crippen molar-refractivity contribution >= 4 is 21.7 Å². The number of carbonyl (C=O) groups is 1. The van der Waals surface area contributed by atoms with Crippen molar-refractivity contribution in [2.24, 2.45) is 0 Å². The highest BCUT2D eigenvalue weighted by atomic mass is 32.2. The normalized spacial score (nSPS) is 17.6. The number of fused-ring (bicyclic) bond motifs is 1. The van der Waals surface area contributed by atoms with Crippen molar-refractivity contribution in [3.63, 3.8) is 0 Å². The largest absolute Gasteiger partial charge is 0.324 e. The van der Waals surface area contributed by atoms with Gasteiger partial charge in [-0.3, -0.25) is 4.90 Å².